The summed E-state index contributed by atoms with van der Waals surface area (Å²) in [5.41, 5.74) is 5.40. The summed E-state index contributed by atoms with van der Waals surface area (Å²) in [4.78, 5) is 13.3. The summed E-state index contributed by atoms with van der Waals surface area (Å²) in [5.74, 6) is -0.633. The molecule has 12 heteroatoms. The molecule has 0 aromatic heterocycles. The molecule has 2 aliphatic heterocycles. The number of primary amides is 1. The van der Waals surface area contributed by atoms with Crippen molar-refractivity contribution in [2.75, 3.05) is 59.4 Å². The standard InChI is InChI=1S/C16H25N5O5S2/c1-18-6-8-20(9-7-18)28(25,26)21-12-10-19(11-13-21)27(23,24)15-4-2-14(3-5-15)16(17)22/h2-5H,6-13H2,1H3,(H2,17,22). The highest BCUT2D eigenvalue weighted by Gasteiger charge is 2.36. The summed E-state index contributed by atoms with van der Waals surface area (Å²) < 4.78 is 55.2. The van der Waals surface area contributed by atoms with Gasteiger partial charge >= 0.3 is 0 Å². The van der Waals surface area contributed by atoms with Crippen molar-refractivity contribution in [2.45, 2.75) is 4.90 Å². The smallest absolute Gasteiger partial charge is 0.282 e. The maximum atomic E-state index is 12.8. The van der Waals surface area contributed by atoms with E-state index >= 15 is 0 Å². The van der Waals surface area contributed by atoms with Crippen LogP contribution in [0.5, 0.6) is 0 Å². The average molecular weight is 432 g/mol. The molecule has 10 nitrogen and oxygen atoms in total. The summed E-state index contributed by atoms with van der Waals surface area (Å²) >= 11 is 0. The molecule has 2 aliphatic rings. The lowest BCUT2D eigenvalue weighted by Gasteiger charge is -2.38. The number of nitrogens with two attached hydrogens (primary N) is 1. The number of nitrogens with zero attached hydrogens (tertiary/aromatic N) is 4. The van der Waals surface area contributed by atoms with Gasteiger partial charge in [-0.25, -0.2) is 8.42 Å². The lowest BCUT2D eigenvalue weighted by molar-refractivity contribution is 0.1000. The molecular formula is C16H25N5O5S2. The van der Waals surface area contributed by atoms with E-state index in [2.05, 4.69) is 4.90 Å². The Balaban J connectivity index is 1.66. The molecule has 156 valence electrons. The lowest BCUT2D eigenvalue weighted by atomic mass is 10.2. The van der Waals surface area contributed by atoms with Crippen LogP contribution in [0.15, 0.2) is 29.2 Å². The zero-order valence-corrected chi connectivity index (χ0v) is 17.3. The third-order valence-electron chi connectivity index (χ3n) is 5.09. The van der Waals surface area contributed by atoms with E-state index in [9.17, 15) is 21.6 Å². The lowest BCUT2D eigenvalue weighted by Crippen LogP contribution is -2.57. The number of hydrogen-bond acceptors (Lipinski definition) is 6. The van der Waals surface area contributed by atoms with Crippen LogP contribution in [0, 0.1) is 0 Å². The first-order valence-electron chi connectivity index (χ1n) is 8.96. The van der Waals surface area contributed by atoms with Crippen molar-refractivity contribution >= 4 is 26.1 Å². The van der Waals surface area contributed by atoms with Crippen molar-refractivity contribution < 1.29 is 21.6 Å². The Hall–Kier alpha value is -1.57. The molecule has 2 heterocycles. The van der Waals surface area contributed by atoms with Crippen molar-refractivity contribution in [3.63, 3.8) is 0 Å². The fraction of sp³-hybridized carbons (Fsp3) is 0.562. The quantitative estimate of drug-likeness (QED) is 0.610. The van der Waals surface area contributed by atoms with Crippen LogP contribution in [0.25, 0.3) is 0 Å². The van der Waals surface area contributed by atoms with Crippen molar-refractivity contribution in [3.05, 3.63) is 29.8 Å². The normalized spacial score (nSPS) is 21.6. The first-order valence-corrected chi connectivity index (χ1v) is 11.8. The molecule has 0 radical (unpaired) electrons. The van der Waals surface area contributed by atoms with E-state index < -0.39 is 26.1 Å². The minimum atomic E-state index is -3.77. The van der Waals surface area contributed by atoms with Crippen LogP contribution < -0.4 is 5.73 Å². The molecule has 2 saturated heterocycles. The Morgan fingerprint density at radius 2 is 1.21 bits per heavy atom. The molecule has 0 bridgehead atoms. The topological polar surface area (TPSA) is 124 Å². The van der Waals surface area contributed by atoms with Crippen LogP contribution in [0.3, 0.4) is 0 Å². The molecule has 0 unspecified atom stereocenters. The Labute approximate surface area is 165 Å². The third-order valence-corrected chi connectivity index (χ3v) is 9.04. The fourth-order valence-corrected chi connectivity index (χ4v) is 6.26. The Kier molecular flexibility index (Phi) is 6.08. The Morgan fingerprint density at radius 3 is 1.68 bits per heavy atom. The molecule has 3 rings (SSSR count). The van der Waals surface area contributed by atoms with Crippen molar-refractivity contribution in [1.29, 1.82) is 0 Å². The number of rotatable bonds is 5. The minimum absolute atomic E-state index is 0.0490. The van der Waals surface area contributed by atoms with Crippen molar-refractivity contribution in [3.8, 4) is 0 Å². The number of hydrogen-bond donors (Lipinski definition) is 1. The average Bonchev–Trinajstić information content (AvgIpc) is 2.68. The zero-order valence-electron chi connectivity index (χ0n) is 15.7. The molecule has 28 heavy (non-hydrogen) atoms. The second kappa shape index (κ2) is 8.05. The van der Waals surface area contributed by atoms with Gasteiger partial charge in [-0.2, -0.15) is 21.3 Å². The predicted octanol–water partition coefficient (Wildman–Crippen LogP) is -1.42. The largest absolute Gasteiger partial charge is 0.366 e. The van der Waals surface area contributed by atoms with E-state index in [-0.39, 0.29) is 36.6 Å². The SMILES string of the molecule is CN1CCN(S(=O)(=O)N2CCN(S(=O)(=O)c3ccc(C(N)=O)cc3)CC2)CC1. The van der Waals surface area contributed by atoms with E-state index in [4.69, 9.17) is 5.73 Å². The monoisotopic (exact) mass is 431 g/mol. The van der Waals surface area contributed by atoms with Gasteiger partial charge in [0, 0.05) is 57.9 Å². The molecular weight excluding hydrogens is 406 g/mol. The molecule has 0 saturated carbocycles. The van der Waals surface area contributed by atoms with E-state index in [1.54, 1.807) is 0 Å². The van der Waals surface area contributed by atoms with E-state index in [0.29, 0.717) is 26.2 Å². The van der Waals surface area contributed by atoms with Gasteiger partial charge in [0.25, 0.3) is 10.2 Å². The van der Waals surface area contributed by atoms with Crippen molar-refractivity contribution in [2.24, 2.45) is 5.73 Å². The van der Waals surface area contributed by atoms with E-state index in [1.165, 1.54) is 37.2 Å². The third kappa shape index (κ3) is 4.21. The van der Waals surface area contributed by atoms with Gasteiger partial charge in [-0.15, -0.1) is 0 Å². The molecule has 1 amide bonds. The van der Waals surface area contributed by atoms with Crippen LogP contribution in [0.4, 0.5) is 0 Å². The highest BCUT2D eigenvalue weighted by molar-refractivity contribution is 7.89. The van der Waals surface area contributed by atoms with Crippen LogP contribution in [0.2, 0.25) is 0 Å². The molecule has 0 spiro atoms. The summed E-state index contributed by atoms with van der Waals surface area (Å²) in [5, 5.41) is 0. The number of piperazine rings is 2. The fourth-order valence-electron chi connectivity index (χ4n) is 3.26. The van der Waals surface area contributed by atoms with Crippen LogP contribution in [-0.4, -0.2) is 100.0 Å². The molecule has 0 aliphatic carbocycles. The second-order valence-electron chi connectivity index (χ2n) is 6.90. The highest BCUT2D eigenvalue weighted by Crippen LogP contribution is 2.20. The van der Waals surface area contributed by atoms with Crippen molar-refractivity contribution in [1.82, 2.24) is 17.8 Å². The zero-order chi connectivity index (χ0) is 20.5. The maximum Gasteiger partial charge on any atom is 0.282 e. The Bertz CT molecular complexity index is 917. The van der Waals surface area contributed by atoms with Gasteiger partial charge in [-0.1, -0.05) is 0 Å². The van der Waals surface area contributed by atoms with Crippen LogP contribution >= 0.6 is 0 Å². The number of sulfonamides is 1. The van der Waals surface area contributed by atoms with Gasteiger partial charge in [0.1, 0.15) is 0 Å². The van der Waals surface area contributed by atoms with Gasteiger partial charge in [-0.3, -0.25) is 4.79 Å². The Morgan fingerprint density at radius 1 is 0.786 bits per heavy atom. The van der Waals surface area contributed by atoms with E-state index in [0.717, 1.165) is 0 Å². The van der Waals surface area contributed by atoms with Gasteiger partial charge in [0.2, 0.25) is 15.9 Å². The van der Waals surface area contributed by atoms with Crippen LogP contribution in [0.1, 0.15) is 10.4 Å². The molecule has 2 N–H and O–H groups in total. The van der Waals surface area contributed by atoms with Gasteiger partial charge in [-0.05, 0) is 31.3 Å². The van der Waals surface area contributed by atoms with Gasteiger partial charge < -0.3 is 10.6 Å². The first-order chi connectivity index (χ1) is 13.1. The van der Waals surface area contributed by atoms with E-state index in [1.807, 2.05) is 7.05 Å². The molecule has 0 atom stereocenters. The number of likely N-dealkylation sites (N-methyl/N-ethyl adjacent to an activating group) is 1. The molecule has 1 aromatic rings. The summed E-state index contributed by atoms with van der Waals surface area (Å²) in [6.07, 6.45) is 0. The summed E-state index contributed by atoms with van der Waals surface area (Å²) in [7, 11) is -5.41. The van der Waals surface area contributed by atoms with Crippen LogP contribution in [-0.2, 0) is 20.2 Å². The number of carbonyl (C=O) groups excluding carboxylic acids is 1. The van der Waals surface area contributed by atoms with Gasteiger partial charge in [0.15, 0.2) is 0 Å². The van der Waals surface area contributed by atoms with Gasteiger partial charge in [0.05, 0.1) is 4.90 Å². The second-order valence-corrected chi connectivity index (χ2v) is 10.8. The summed E-state index contributed by atoms with van der Waals surface area (Å²) in [6.45, 7) is 2.58. The predicted molar refractivity (Wildman–Crippen MR) is 103 cm³/mol. The number of benzene rings is 1. The first kappa shape index (κ1) is 21.1. The molecule has 1 aromatic carbocycles. The minimum Gasteiger partial charge on any atom is -0.366 e. The summed E-state index contributed by atoms with van der Waals surface area (Å²) in [6, 6.07) is 5.40. The number of amides is 1. The molecule has 2 fully saturated rings. The highest BCUT2D eigenvalue weighted by atomic mass is 32.2. The maximum absolute atomic E-state index is 12.8. The number of carbonyl (C=O) groups is 1.